The summed E-state index contributed by atoms with van der Waals surface area (Å²) in [6.45, 7) is 2.99. The fraction of sp³-hybridized carbons (Fsp3) is 0.333. The second-order valence-corrected chi connectivity index (χ2v) is 11.8. The molecule has 11 nitrogen and oxygen atoms in total. The zero-order valence-electron chi connectivity index (χ0n) is 21.1. The highest BCUT2D eigenvalue weighted by atomic mass is 32.2. The Kier molecular flexibility index (Phi) is 7.09. The van der Waals surface area contributed by atoms with Crippen molar-refractivity contribution in [2.24, 2.45) is 0 Å². The highest BCUT2D eigenvalue weighted by Crippen LogP contribution is 2.29. The first-order chi connectivity index (χ1) is 19.0. The number of ether oxygens (including phenoxy) is 2. The van der Waals surface area contributed by atoms with Crippen LogP contribution in [0, 0.1) is 0 Å². The molecule has 2 fully saturated rings. The summed E-state index contributed by atoms with van der Waals surface area (Å²) in [5.41, 5.74) is 9.44. The van der Waals surface area contributed by atoms with Crippen molar-refractivity contribution < 1.29 is 22.3 Å². The third-order valence-corrected chi connectivity index (χ3v) is 9.14. The Morgan fingerprint density at radius 3 is 2.33 bits per heavy atom. The van der Waals surface area contributed by atoms with Crippen LogP contribution in [0.5, 0.6) is 0 Å². The van der Waals surface area contributed by atoms with Crippen LogP contribution in [0.25, 0.3) is 34.3 Å². The molecule has 4 aromatic rings. The van der Waals surface area contributed by atoms with Crippen molar-refractivity contribution in [3.63, 3.8) is 0 Å². The second kappa shape index (κ2) is 10.8. The SMILES string of the molecule is Nc1ncc(-c2ccc(S(=O)(=O)C3CCOC3)cc2)nc1-c1nnc(-c2ccc(CN[C@@H]3CCOC3)cc2)o1. The molecular formula is C27H28N6O5S. The largest absolute Gasteiger partial charge is 0.414 e. The molecule has 3 N–H and O–H groups in total. The molecule has 2 atom stereocenters. The van der Waals surface area contributed by atoms with Gasteiger partial charge in [-0.1, -0.05) is 24.3 Å². The number of rotatable bonds is 8. The summed E-state index contributed by atoms with van der Waals surface area (Å²) in [7, 11) is -3.45. The van der Waals surface area contributed by atoms with Crippen LogP contribution in [-0.4, -0.2) is 66.3 Å². The lowest BCUT2D eigenvalue weighted by atomic mass is 10.1. The number of hydrogen-bond acceptors (Lipinski definition) is 11. The summed E-state index contributed by atoms with van der Waals surface area (Å²) in [6, 6.07) is 14.8. The molecule has 0 bridgehead atoms. The first-order valence-electron chi connectivity index (χ1n) is 12.8. The molecule has 0 saturated carbocycles. The van der Waals surface area contributed by atoms with E-state index in [1.807, 2.05) is 24.3 Å². The van der Waals surface area contributed by atoms with Gasteiger partial charge >= 0.3 is 0 Å². The van der Waals surface area contributed by atoms with E-state index in [9.17, 15) is 8.42 Å². The number of nitrogens with zero attached hydrogens (tertiary/aromatic N) is 4. The van der Waals surface area contributed by atoms with E-state index in [0.29, 0.717) is 36.2 Å². The number of aromatic nitrogens is 4. The van der Waals surface area contributed by atoms with Crippen LogP contribution < -0.4 is 11.1 Å². The topological polar surface area (TPSA) is 155 Å². The van der Waals surface area contributed by atoms with E-state index in [0.717, 1.165) is 37.3 Å². The fourth-order valence-corrected chi connectivity index (χ4v) is 6.20. The maximum Gasteiger partial charge on any atom is 0.270 e. The highest BCUT2D eigenvalue weighted by molar-refractivity contribution is 7.92. The molecular weight excluding hydrogens is 520 g/mol. The average Bonchev–Trinajstić information content (AvgIpc) is 3.76. The summed E-state index contributed by atoms with van der Waals surface area (Å²) in [6.07, 6.45) is 3.05. The number of nitrogens with one attached hydrogen (secondary N) is 1. The van der Waals surface area contributed by atoms with Crippen LogP contribution in [0.4, 0.5) is 5.82 Å². The molecule has 39 heavy (non-hydrogen) atoms. The second-order valence-electron chi connectivity index (χ2n) is 9.59. The van der Waals surface area contributed by atoms with Gasteiger partial charge in [0.05, 0.1) is 35.2 Å². The Labute approximate surface area is 225 Å². The Morgan fingerprint density at radius 1 is 0.897 bits per heavy atom. The monoisotopic (exact) mass is 548 g/mol. The highest BCUT2D eigenvalue weighted by Gasteiger charge is 2.31. The van der Waals surface area contributed by atoms with Gasteiger partial charge in [-0.2, -0.15) is 0 Å². The van der Waals surface area contributed by atoms with Crippen LogP contribution in [0.1, 0.15) is 18.4 Å². The molecule has 12 heteroatoms. The number of sulfone groups is 1. The fourth-order valence-electron chi connectivity index (χ4n) is 4.62. The quantitative estimate of drug-likeness (QED) is 0.334. The van der Waals surface area contributed by atoms with Crippen molar-refractivity contribution in [3.05, 3.63) is 60.3 Å². The van der Waals surface area contributed by atoms with Gasteiger partial charge in [0.25, 0.3) is 5.89 Å². The molecule has 202 valence electrons. The van der Waals surface area contributed by atoms with E-state index >= 15 is 0 Å². The van der Waals surface area contributed by atoms with Gasteiger partial charge in [-0.05, 0) is 42.7 Å². The Hall–Kier alpha value is -3.71. The van der Waals surface area contributed by atoms with E-state index in [-0.39, 0.29) is 28.9 Å². The number of nitrogens with two attached hydrogens (primary N) is 1. The van der Waals surface area contributed by atoms with E-state index in [1.165, 1.54) is 6.20 Å². The summed E-state index contributed by atoms with van der Waals surface area (Å²) in [4.78, 5) is 9.09. The van der Waals surface area contributed by atoms with Crippen LogP contribution in [-0.2, 0) is 25.9 Å². The number of benzene rings is 2. The van der Waals surface area contributed by atoms with E-state index in [4.69, 9.17) is 19.6 Å². The van der Waals surface area contributed by atoms with Crippen molar-refractivity contribution in [1.82, 2.24) is 25.5 Å². The van der Waals surface area contributed by atoms with Crippen molar-refractivity contribution in [2.45, 2.75) is 35.6 Å². The van der Waals surface area contributed by atoms with E-state index < -0.39 is 15.1 Å². The molecule has 0 spiro atoms. The standard InChI is InChI=1S/C27H28N6O5S/c28-25-24(27-33-32-26(38-27)19-3-1-17(2-4-19)13-29-20-9-11-36-15-20)31-23(14-30-25)18-5-7-21(8-6-18)39(34,35)22-10-12-37-16-22/h1-8,14,20,22,29H,9-13,15-16H2,(H2,28,30)/t20-,22?/m1/s1. The molecule has 6 rings (SSSR count). The molecule has 0 radical (unpaired) electrons. The van der Waals surface area contributed by atoms with Gasteiger partial charge in [0, 0.05) is 36.9 Å². The zero-order valence-corrected chi connectivity index (χ0v) is 21.9. The Balaban J connectivity index is 1.18. The van der Waals surface area contributed by atoms with Crippen molar-refractivity contribution in [2.75, 3.05) is 32.2 Å². The normalized spacial score (nSPS) is 19.5. The predicted molar refractivity (Wildman–Crippen MR) is 143 cm³/mol. The summed E-state index contributed by atoms with van der Waals surface area (Å²) in [5, 5.41) is 11.3. The first kappa shape index (κ1) is 25.6. The lowest BCUT2D eigenvalue weighted by Gasteiger charge is -2.10. The molecule has 1 unspecified atom stereocenters. The smallest absolute Gasteiger partial charge is 0.270 e. The van der Waals surface area contributed by atoms with Gasteiger partial charge in [0.2, 0.25) is 5.89 Å². The molecule has 2 aliphatic rings. The molecule has 0 amide bonds. The minimum absolute atomic E-state index is 0.143. The molecule has 4 heterocycles. The van der Waals surface area contributed by atoms with Gasteiger partial charge in [-0.15, -0.1) is 10.2 Å². The molecule has 2 saturated heterocycles. The van der Waals surface area contributed by atoms with Gasteiger partial charge < -0.3 is 24.9 Å². The van der Waals surface area contributed by atoms with Crippen molar-refractivity contribution in [1.29, 1.82) is 0 Å². The van der Waals surface area contributed by atoms with Gasteiger partial charge in [0.15, 0.2) is 21.3 Å². The summed E-state index contributed by atoms with van der Waals surface area (Å²) >= 11 is 0. The number of hydrogen-bond donors (Lipinski definition) is 2. The lowest BCUT2D eigenvalue weighted by Crippen LogP contribution is -2.28. The van der Waals surface area contributed by atoms with Crippen LogP contribution in [0.3, 0.4) is 0 Å². The molecule has 2 aromatic heterocycles. The van der Waals surface area contributed by atoms with Crippen LogP contribution in [0.2, 0.25) is 0 Å². The molecule has 2 aromatic carbocycles. The number of anilines is 1. The minimum Gasteiger partial charge on any atom is -0.414 e. The average molecular weight is 549 g/mol. The Bertz CT molecular complexity index is 1540. The number of nitrogen functional groups attached to an aromatic ring is 1. The predicted octanol–water partition coefficient (Wildman–Crippen LogP) is 2.88. The first-order valence-corrected chi connectivity index (χ1v) is 14.3. The van der Waals surface area contributed by atoms with E-state index in [2.05, 4.69) is 25.5 Å². The maximum absolute atomic E-state index is 12.8. The lowest BCUT2D eigenvalue weighted by molar-refractivity contribution is 0.190. The van der Waals surface area contributed by atoms with Gasteiger partial charge in [-0.25, -0.2) is 18.4 Å². The van der Waals surface area contributed by atoms with Crippen LogP contribution in [0.15, 0.2) is 64.0 Å². The minimum atomic E-state index is -3.45. The molecule has 0 aliphatic carbocycles. The van der Waals surface area contributed by atoms with Crippen molar-refractivity contribution >= 4 is 15.7 Å². The Morgan fingerprint density at radius 2 is 1.62 bits per heavy atom. The summed E-state index contributed by atoms with van der Waals surface area (Å²) < 4.78 is 42.2. The maximum atomic E-state index is 12.8. The third-order valence-electron chi connectivity index (χ3n) is 6.96. The molecule has 2 aliphatic heterocycles. The summed E-state index contributed by atoms with van der Waals surface area (Å²) in [5.74, 6) is 0.627. The third kappa shape index (κ3) is 5.41. The zero-order chi connectivity index (χ0) is 26.8. The van der Waals surface area contributed by atoms with Crippen molar-refractivity contribution in [3.8, 4) is 34.3 Å². The van der Waals surface area contributed by atoms with Gasteiger partial charge in [-0.3, -0.25) is 0 Å². The van der Waals surface area contributed by atoms with E-state index in [1.54, 1.807) is 24.3 Å². The van der Waals surface area contributed by atoms with Gasteiger partial charge in [0.1, 0.15) is 0 Å². The van der Waals surface area contributed by atoms with Crippen LogP contribution >= 0.6 is 0 Å².